The molecule has 1 aliphatic heterocycles. The van der Waals surface area contributed by atoms with Crippen LogP contribution >= 0.6 is 0 Å². The fourth-order valence-corrected chi connectivity index (χ4v) is 9.32. The van der Waals surface area contributed by atoms with Crippen molar-refractivity contribution in [1.29, 1.82) is 0 Å². The summed E-state index contributed by atoms with van der Waals surface area (Å²) in [6, 6.07) is 18.2. The second-order valence-corrected chi connectivity index (χ2v) is 12.6. The van der Waals surface area contributed by atoms with E-state index in [0.717, 1.165) is 44.1 Å². The van der Waals surface area contributed by atoms with E-state index in [1.807, 2.05) is 23.4 Å². The molecule has 0 spiro atoms. The Balaban J connectivity index is 1.93. The summed E-state index contributed by atoms with van der Waals surface area (Å²) in [5.74, 6) is 0. The van der Waals surface area contributed by atoms with Crippen molar-refractivity contribution in [3.8, 4) is 0 Å². The van der Waals surface area contributed by atoms with E-state index in [0.29, 0.717) is 9.71 Å². The Morgan fingerprint density at radius 2 is 1.69 bits per heavy atom. The van der Waals surface area contributed by atoms with Crippen LogP contribution in [0, 0.1) is 6.92 Å². The first kappa shape index (κ1) is 22.6. The Morgan fingerprint density at radius 1 is 1.00 bits per heavy atom. The standard InChI is InChI=1S/C24H33NO2SSe/c1-4-6-8-13-23-24(29-22-11-9-7-10-12-22)18-20(5-2)25(23)28(26,27)21-16-14-19(3)15-17-21/h7,9-12,14-17,20,23-24H,4-6,8,13,18H2,1-3H3/t20-,23-,24+/m1/s1. The van der Waals surface area contributed by atoms with Gasteiger partial charge in [0, 0.05) is 0 Å². The molecule has 158 valence electrons. The number of rotatable bonds is 9. The molecule has 1 heterocycles. The summed E-state index contributed by atoms with van der Waals surface area (Å²) in [4.78, 5) is 0.877. The van der Waals surface area contributed by atoms with Crippen molar-refractivity contribution in [2.24, 2.45) is 0 Å². The Labute approximate surface area is 183 Å². The van der Waals surface area contributed by atoms with E-state index in [2.05, 4.69) is 44.2 Å². The molecule has 0 amide bonds. The monoisotopic (exact) mass is 479 g/mol. The molecule has 1 aliphatic rings. The van der Waals surface area contributed by atoms with E-state index in [-0.39, 0.29) is 27.0 Å². The van der Waals surface area contributed by atoms with Crippen molar-refractivity contribution in [3.63, 3.8) is 0 Å². The van der Waals surface area contributed by atoms with Crippen molar-refractivity contribution in [3.05, 3.63) is 60.2 Å². The zero-order valence-electron chi connectivity index (χ0n) is 17.8. The number of nitrogens with zero attached hydrogens (tertiary/aromatic N) is 1. The van der Waals surface area contributed by atoms with E-state index in [9.17, 15) is 8.42 Å². The first-order valence-corrected chi connectivity index (χ1v) is 14.1. The molecule has 0 saturated carbocycles. The molecule has 3 atom stereocenters. The molecule has 0 N–H and O–H groups in total. The minimum atomic E-state index is -3.48. The minimum absolute atomic E-state index is 0.100. The third-order valence-corrected chi connectivity index (χ3v) is 10.7. The van der Waals surface area contributed by atoms with Crippen molar-refractivity contribution in [2.75, 3.05) is 0 Å². The maximum absolute atomic E-state index is 13.7. The molecule has 3 rings (SSSR count). The summed E-state index contributed by atoms with van der Waals surface area (Å²) in [6.45, 7) is 6.33. The van der Waals surface area contributed by atoms with Crippen LogP contribution in [0.4, 0.5) is 0 Å². The van der Waals surface area contributed by atoms with E-state index in [1.54, 1.807) is 12.1 Å². The Bertz CT molecular complexity index is 868. The summed E-state index contributed by atoms with van der Waals surface area (Å²) in [6.07, 6.45) is 6.23. The molecule has 29 heavy (non-hydrogen) atoms. The predicted octanol–water partition coefficient (Wildman–Crippen LogP) is 4.94. The quantitative estimate of drug-likeness (QED) is 0.378. The van der Waals surface area contributed by atoms with Gasteiger partial charge in [-0.15, -0.1) is 0 Å². The Morgan fingerprint density at radius 3 is 2.31 bits per heavy atom. The van der Waals surface area contributed by atoms with Gasteiger partial charge >= 0.3 is 183 Å². The van der Waals surface area contributed by atoms with Crippen molar-refractivity contribution in [2.45, 2.75) is 81.1 Å². The van der Waals surface area contributed by atoms with E-state index >= 15 is 0 Å². The van der Waals surface area contributed by atoms with Crippen LogP contribution in [0.25, 0.3) is 0 Å². The molecule has 1 fully saturated rings. The molecule has 0 aliphatic carbocycles. The van der Waals surface area contributed by atoms with Gasteiger partial charge in [0.15, 0.2) is 0 Å². The molecule has 1 saturated heterocycles. The number of unbranched alkanes of at least 4 members (excludes halogenated alkanes) is 2. The molecule has 3 nitrogen and oxygen atoms in total. The molecule has 2 aromatic rings. The zero-order valence-corrected chi connectivity index (χ0v) is 20.3. The number of hydrogen-bond acceptors (Lipinski definition) is 2. The average Bonchev–Trinajstić information content (AvgIpc) is 3.07. The summed E-state index contributed by atoms with van der Waals surface area (Å²) in [5.41, 5.74) is 1.09. The molecule has 2 aromatic carbocycles. The molecule has 0 unspecified atom stereocenters. The number of aryl methyl sites for hydroxylation is 1. The van der Waals surface area contributed by atoms with Crippen LogP contribution in [-0.4, -0.2) is 39.8 Å². The summed E-state index contributed by atoms with van der Waals surface area (Å²) >= 11 is 0.281. The van der Waals surface area contributed by atoms with Gasteiger partial charge in [-0.2, -0.15) is 0 Å². The molecule has 0 aromatic heterocycles. The maximum atomic E-state index is 13.7. The van der Waals surface area contributed by atoms with Gasteiger partial charge in [-0.1, -0.05) is 0 Å². The van der Waals surface area contributed by atoms with Crippen LogP contribution in [-0.2, 0) is 10.0 Å². The third kappa shape index (κ3) is 5.32. The number of sulfonamides is 1. The van der Waals surface area contributed by atoms with Gasteiger partial charge in [0.2, 0.25) is 0 Å². The molecular formula is C24H33NO2SSe. The topological polar surface area (TPSA) is 37.4 Å². The first-order valence-electron chi connectivity index (χ1n) is 10.8. The van der Waals surface area contributed by atoms with Gasteiger partial charge in [-0.25, -0.2) is 0 Å². The van der Waals surface area contributed by atoms with Gasteiger partial charge in [0.1, 0.15) is 0 Å². The van der Waals surface area contributed by atoms with Crippen LogP contribution in [0.2, 0.25) is 4.82 Å². The van der Waals surface area contributed by atoms with Crippen molar-refractivity contribution < 1.29 is 8.42 Å². The van der Waals surface area contributed by atoms with Gasteiger partial charge in [0.25, 0.3) is 0 Å². The molecule has 5 heteroatoms. The van der Waals surface area contributed by atoms with Crippen molar-refractivity contribution in [1.82, 2.24) is 4.31 Å². The second-order valence-electron chi connectivity index (χ2n) is 7.98. The summed E-state index contributed by atoms with van der Waals surface area (Å²) in [5, 5.41) is 0. The zero-order chi connectivity index (χ0) is 20.9. The van der Waals surface area contributed by atoms with Gasteiger partial charge in [-0.3, -0.25) is 0 Å². The fourth-order valence-electron chi connectivity index (χ4n) is 4.23. The van der Waals surface area contributed by atoms with Gasteiger partial charge < -0.3 is 0 Å². The molecule has 0 bridgehead atoms. The normalized spacial score (nSPS) is 22.8. The van der Waals surface area contributed by atoms with Crippen LogP contribution < -0.4 is 4.46 Å². The third-order valence-electron chi connectivity index (χ3n) is 5.82. The van der Waals surface area contributed by atoms with Gasteiger partial charge in [-0.05, 0) is 0 Å². The van der Waals surface area contributed by atoms with Crippen LogP contribution in [0.1, 0.15) is 57.9 Å². The number of benzene rings is 2. The van der Waals surface area contributed by atoms with Gasteiger partial charge in [0.05, 0.1) is 0 Å². The molecule has 0 radical (unpaired) electrons. The summed E-state index contributed by atoms with van der Waals surface area (Å²) in [7, 11) is -3.48. The SMILES string of the molecule is CCCCC[C@@H]1[C@@H]([Se]c2ccccc2)C[C@@H](CC)N1S(=O)(=O)c1ccc(C)cc1. The second kappa shape index (κ2) is 10.3. The van der Waals surface area contributed by atoms with Crippen molar-refractivity contribution >= 4 is 29.4 Å². The Hall–Kier alpha value is -1.13. The number of hydrogen-bond donors (Lipinski definition) is 0. The van der Waals surface area contributed by atoms with E-state index in [1.165, 1.54) is 4.46 Å². The van der Waals surface area contributed by atoms with Crippen LogP contribution in [0.5, 0.6) is 0 Å². The average molecular weight is 479 g/mol. The van der Waals surface area contributed by atoms with Crippen LogP contribution in [0.15, 0.2) is 59.5 Å². The predicted molar refractivity (Wildman–Crippen MR) is 122 cm³/mol. The first-order chi connectivity index (χ1) is 14.0. The fraction of sp³-hybridized carbons (Fsp3) is 0.500. The van der Waals surface area contributed by atoms with Crippen LogP contribution in [0.3, 0.4) is 0 Å². The Kier molecular flexibility index (Phi) is 7.98. The summed E-state index contributed by atoms with van der Waals surface area (Å²) < 4.78 is 30.7. The molecular weight excluding hydrogens is 445 g/mol. The van der Waals surface area contributed by atoms with E-state index < -0.39 is 10.0 Å². The van der Waals surface area contributed by atoms with E-state index in [4.69, 9.17) is 0 Å².